The first kappa shape index (κ1) is 11.3. The molecule has 0 bridgehead atoms. The van der Waals surface area contributed by atoms with Crippen LogP contribution in [0.4, 0.5) is 5.69 Å². The summed E-state index contributed by atoms with van der Waals surface area (Å²) in [5.74, 6) is 1.84. The van der Waals surface area contributed by atoms with Crippen LogP contribution in [0.1, 0.15) is 43.7 Å². The lowest BCUT2D eigenvalue weighted by Gasteiger charge is -2.33. The van der Waals surface area contributed by atoms with Gasteiger partial charge in [0.1, 0.15) is 5.75 Å². The summed E-state index contributed by atoms with van der Waals surface area (Å²) in [6, 6.07) is 4.27. The molecule has 2 aliphatic heterocycles. The second kappa shape index (κ2) is 4.77. The van der Waals surface area contributed by atoms with Gasteiger partial charge < -0.3 is 10.1 Å². The molecular weight excluding hydrogens is 198 g/mol. The zero-order valence-corrected chi connectivity index (χ0v) is 10.5. The number of benzene rings is 1. The highest BCUT2D eigenvalue weighted by atomic mass is 16.5. The number of nitrogens with one attached hydrogen (secondary N) is 1. The second-order valence-electron chi connectivity index (χ2n) is 4.22. The highest BCUT2D eigenvalue weighted by Crippen LogP contribution is 2.44. The molecule has 1 aromatic carbocycles. The van der Waals surface area contributed by atoms with Crippen LogP contribution < -0.4 is 10.1 Å². The maximum absolute atomic E-state index is 5.69. The number of aryl methyl sites for hydroxylation is 1. The Morgan fingerprint density at radius 2 is 2.06 bits per heavy atom. The highest BCUT2D eigenvalue weighted by Gasteiger charge is 2.28. The Kier molecular flexibility index (Phi) is 3.37. The van der Waals surface area contributed by atoms with Crippen molar-refractivity contribution in [1.82, 2.24) is 0 Å². The molecule has 0 fully saturated rings. The maximum atomic E-state index is 5.69. The van der Waals surface area contributed by atoms with Crippen LogP contribution in [0.5, 0.6) is 5.75 Å². The molecule has 16 heavy (non-hydrogen) atoms. The summed E-state index contributed by atoms with van der Waals surface area (Å²) >= 11 is 0. The first-order valence-electron chi connectivity index (χ1n) is 6.36. The number of hydrogen-bond acceptors (Lipinski definition) is 2. The first-order valence-corrected chi connectivity index (χ1v) is 6.36. The van der Waals surface area contributed by atoms with Gasteiger partial charge in [0.15, 0.2) is 0 Å². The number of ether oxygens (including phenoxy) is 1. The topological polar surface area (TPSA) is 21.3 Å². The van der Waals surface area contributed by atoms with Gasteiger partial charge in [-0.15, -0.1) is 0 Å². The van der Waals surface area contributed by atoms with E-state index in [4.69, 9.17) is 4.74 Å². The number of hydrogen-bond donors (Lipinski definition) is 1. The van der Waals surface area contributed by atoms with E-state index < -0.39 is 0 Å². The van der Waals surface area contributed by atoms with E-state index in [9.17, 15) is 0 Å². The third-order valence-corrected chi connectivity index (χ3v) is 3.34. The fourth-order valence-corrected chi connectivity index (χ4v) is 2.59. The molecule has 0 spiro atoms. The average molecular weight is 219 g/mol. The Morgan fingerprint density at radius 3 is 2.88 bits per heavy atom. The van der Waals surface area contributed by atoms with Crippen molar-refractivity contribution in [2.45, 2.75) is 39.5 Å². The predicted molar refractivity (Wildman–Crippen MR) is 68.5 cm³/mol. The van der Waals surface area contributed by atoms with Crippen molar-refractivity contribution in [3.05, 3.63) is 23.3 Å². The average Bonchev–Trinajstić information content (AvgIpc) is 2.37. The maximum Gasteiger partial charge on any atom is 0.124 e. The SMILES string of the molecule is CC.Cc1ccc2c3c1NCCC3CCO2. The van der Waals surface area contributed by atoms with Crippen LogP contribution in [0.2, 0.25) is 0 Å². The van der Waals surface area contributed by atoms with Crippen LogP contribution >= 0.6 is 0 Å². The second-order valence-corrected chi connectivity index (χ2v) is 4.22. The minimum Gasteiger partial charge on any atom is -0.493 e. The molecular formula is C14H21NO. The summed E-state index contributed by atoms with van der Waals surface area (Å²) in [7, 11) is 0. The molecule has 0 amide bonds. The summed E-state index contributed by atoms with van der Waals surface area (Å²) in [5.41, 5.74) is 4.11. The van der Waals surface area contributed by atoms with E-state index in [1.54, 1.807) is 0 Å². The Morgan fingerprint density at radius 1 is 1.25 bits per heavy atom. The van der Waals surface area contributed by atoms with Crippen LogP contribution in [0.15, 0.2) is 12.1 Å². The minimum absolute atomic E-state index is 0.731. The predicted octanol–water partition coefficient (Wildman–Crippen LogP) is 3.70. The van der Waals surface area contributed by atoms with Crippen LogP contribution in [0.3, 0.4) is 0 Å². The summed E-state index contributed by atoms with van der Waals surface area (Å²) in [6.45, 7) is 8.17. The Balaban J connectivity index is 0.000000457. The zero-order valence-electron chi connectivity index (χ0n) is 10.5. The molecule has 1 atom stereocenters. The lowest BCUT2D eigenvalue weighted by molar-refractivity contribution is 0.262. The lowest BCUT2D eigenvalue weighted by atomic mass is 9.85. The van der Waals surface area contributed by atoms with Crippen LogP contribution in [-0.4, -0.2) is 13.2 Å². The zero-order chi connectivity index (χ0) is 11.5. The van der Waals surface area contributed by atoms with E-state index in [2.05, 4.69) is 24.4 Å². The first-order chi connectivity index (χ1) is 7.86. The van der Waals surface area contributed by atoms with Gasteiger partial charge in [-0.1, -0.05) is 19.9 Å². The molecule has 1 N–H and O–H groups in total. The molecule has 1 aromatic rings. The molecule has 2 aliphatic rings. The Labute approximate surface area is 98.0 Å². The van der Waals surface area contributed by atoms with Gasteiger partial charge in [0.05, 0.1) is 6.61 Å². The fraction of sp³-hybridized carbons (Fsp3) is 0.571. The molecule has 0 saturated heterocycles. The third kappa shape index (κ3) is 1.77. The quantitative estimate of drug-likeness (QED) is 0.718. The summed E-state index contributed by atoms with van der Waals surface area (Å²) < 4.78 is 5.69. The van der Waals surface area contributed by atoms with Crippen molar-refractivity contribution in [3.63, 3.8) is 0 Å². The van der Waals surface area contributed by atoms with Crippen LogP contribution in [0.25, 0.3) is 0 Å². The van der Waals surface area contributed by atoms with Gasteiger partial charge in [0.2, 0.25) is 0 Å². The fourth-order valence-electron chi connectivity index (χ4n) is 2.59. The largest absolute Gasteiger partial charge is 0.493 e. The molecule has 3 rings (SSSR count). The molecule has 1 unspecified atom stereocenters. The smallest absolute Gasteiger partial charge is 0.124 e. The van der Waals surface area contributed by atoms with E-state index in [1.807, 2.05) is 13.8 Å². The van der Waals surface area contributed by atoms with E-state index in [0.717, 1.165) is 24.8 Å². The van der Waals surface area contributed by atoms with Crippen molar-refractivity contribution < 1.29 is 4.74 Å². The van der Waals surface area contributed by atoms with Gasteiger partial charge >= 0.3 is 0 Å². The van der Waals surface area contributed by atoms with Gasteiger partial charge in [-0.3, -0.25) is 0 Å². The van der Waals surface area contributed by atoms with Crippen LogP contribution in [-0.2, 0) is 0 Å². The van der Waals surface area contributed by atoms with Gasteiger partial charge in [0.25, 0.3) is 0 Å². The monoisotopic (exact) mass is 219 g/mol. The van der Waals surface area contributed by atoms with E-state index in [0.29, 0.717) is 0 Å². The Bertz CT molecular complexity index is 371. The molecule has 0 aliphatic carbocycles. The van der Waals surface area contributed by atoms with Crippen molar-refractivity contribution in [3.8, 4) is 5.75 Å². The van der Waals surface area contributed by atoms with Gasteiger partial charge in [-0.25, -0.2) is 0 Å². The summed E-state index contributed by atoms with van der Waals surface area (Å²) in [4.78, 5) is 0. The minimum atomic E-state index is 0.731. The van der Waals surface area contributed by atoms with Crippen molar-refractivity contribution in [2.75, 3.05) is 18.5 Å². The standard InChI is InChI=1S/C12H15NO.C2H6/c1-8-2-3-10-11-9(5-7-14-10)4-6-13-12(8)11;1-2/h2-3,9,13H,4-7H2,1H3;1-2H3. The lowest BCUT2D eigenvalue weighted by Crippen LogP contribution is -2.23. The molecule has 2 nitrogen and oxygen atoms in total. The highest BCUT2D eigenvalue weighted by molar-refractivity contribution is 5.65. The summed E-state index contributed by atoms with van der Waals surface area (Å²) in [6.07, 6.45) is 2.44. The van der Waals surface area contributed by atoms with E-state index in [1.165, 1.54) is 29.7 Å². The Hall–Kier alpha value is -1.18. The molecule has 2 heteroatoms. The normalized spacial score (nSPS) is 20.8. The van der Waals surface area contributed by atoms with Crippen molar-refractivity contribution in [1.29, 1.82) is 0 Å². The van der Waals surface area contributed by atoms with E-state index >= 15 is 0 Å². The van der Waals surface area contributed by atoms with Gasteiger partial charge in [-0.05, 0) is 37.3 Å². The number of rotatable bonds is 0. The molecule has 0 radical (unpaired) electrons. The molecule has 88 valence electrons. The molecule has 0 saturated carbocycles. The van der Waals surface area contributed by atoms with Gasteiger partial charge in [0, 0.05) is 17.8 Å². The van der Waals surface area contributed by atoms with Crippen molar-refractivity contribution in [2.24, 2.45) is 0 Å². The third-order valence-electron chi connectivity index (χ3n) is 3.34. The molecule has 2 heterocycles. The van der Waals surface area contributed by atoms with E-state index in [-0.39, 0.29) is 0 Å². The van der Waals surface area contributed by atoms with Crippen LogP contribution in [0, 0.1) is 6.92 Å². The van der Waals surface area contributed by atoms with Crippen molar-refractivity contribution >= 4 is 5.69 Å². The molecule has 0 aromatic heterocycles. The van der Waals surface area contributed by atoms with Gasteiger partial charge in [-0.2, -0.15) is 0 Å². The summed E-state index contributed by atoms with van der Waals surface area (Å²) in [5, 5.41) is 3.49. The number of anilines is 1.